The van der Waals surface area contributed by atoms with Crippen molar-refractivity contribution in [3.8, 4) is 0 Å². The topological polar surface area (TPSA) is 98.9 Å². The first-order chi connectivity index (χ1) is 18.8. The van der Waals surface area contributed by atoms with E-state index in [1.54, 1.807) is 50.3 Å². The summed E-state index contributed by atoms with van der Waals surface area (Å²) < 4.78 is 60.4. The van der Waals surface area contributed by atoms with E-state index in [4.69, 9.17) is 13.6 Å². The van der Waals surface area contributed by atoms with Crippen molar-refractivity contribution in [3.05, 3.63) is 107 Å². The van der Waals surface area contributed by atoms with Crippen molar-refractivity contribution in [3.63, 3.8) is 0 Å². The van der Waals surface area contributed by atoms with Gasteiger partial charge in [-0.25, -0.2) is 12.7 Å². The van der Waals surface area contributed by atoms with Crippen LogP contribution in [0.3, 0.4) is 0 Å². The number of hydrogen-bond acceptors (Lipinski definition) is 7. The Kier molecular flexibility index (Phi) is 9.20. The molecule has 0 spiro atoms. The van der Waals surface area contributed by atoms with Crippen LogP contribution in [0, 0.1) is 6.92 Å². The fourth-order valence-corrected chi connectivity index (χ4v) is 7.19. The maximum Gasteiger partial charge on any atom is 0.369 e. The van der Waals surface area contributed by atoms with Gasteiger partial charge in [0.1, 0.15) is 5.69 Å². The number of nitrogens with zero attached hydrogens (tertiary/aromatic N) is 2. The first-order valence-corrected chi connectivity index (χ1v) is 15.5. The molecule has 4 rings (SSSR count). The lowest BCUT2D eigenvalue weighted by Crippen LogP contribution is -2.34. The molecule has 0 aliphatic rings. The third-order valence-corrected chi connectivity index (χ3v) is 9.69. The molecule has 1 aromatic heterocycles. The van der Waals surface area contributed by atoms with Crippen molar-refractivity contribution in [1.29, 1.82) is 0 Å². The van der Waals surface area contributed by atoms with Gasteiger partial charge in [0.2, 0.25) is 0 Å². The predicted molar refractivity (Wildman–Crippen MR) is 153 cm³/mol. The molecule has 0 aliphatic carbocycles. The number of sulfonamides is 1. The van der Waals surface area contributed by atoms with Crippen LogP contribution >= 0.6 is 7.60 Å². The largest absolute Gasteiger partial charge is 0.369 e. The Bertz CT molecular complexity index is 1540. The van der Waals surface area contributed by atoms with Gasteiger partial charge in [-0.3, -0.25) is 4.57 Å². The number of hydrogen-bond donors (Lipinski definition) is 0. The Morgan fingerprint density at radius 3 is 2.05 bits per heavy atom. The summed E-state index contributed by atoms with van der Waals surface area (Å²) in [6.07, 6.45) is 3.38. The van der Waals surface area contributed by atoms with Gasteiger partial charge in [-0.1, -0.05) is 89.6 Å². The summed E-state index contributed by atoms with van der Waals surface area (Å²) in [6, 6.07) is 25.0. The molecule has 10 heteroatoms. The average Bonchev–Trinajstić information content (AvgIpc) is 3.36. The molecule has 0 N–H and O–H groups in total. The Morgan fingerprint density at radius 2 is 1.46 bits per heavy atom. The van der Waals surface area contributed by atoms with Crippen LogP contribution in [0.4, 0.5) is 5.88 Å². The lowest BCUT2D eigenvalue weighted by Gasteiger charge is -2.24. The summed E-state index contributed by atoms with van der Waals surface area (Å²) in [7, 11) is -8.25. The van der Waals surface area contributed by atoms with Gasteiger partial charge in [0.05, 0.1) is 24.7 Å². The Morgan fingerprint density at radius 1 is 0.872 bits per heavy atom. The molecular formula is C29H31N2O6PS. The van der Waals surface area contributed by atoms with Gasteiger partial charge in [0, 0.05) is 0 Å². The van der Waals surface area contributed by atoms with Gasteiger partial charge in [0.15, 0.2) is 5.30 Å². The van der Waals surface area contributed by atoms with E-state index in [-0.39, 0.29) is 41.5 Å². The minimum atomic E-state index is -4.19. The van der Waals surface area contributed by atoms with Gasteiger partial charge in [-0.15, -0.1) is 0 Å². The smallest absolute Gasteiger partial charge is 0.336 e. The highest BCUT2D eigenvalue weighted by molar-refractivity contribution is 7.92. The van der Waals surface area contributed by atoms with E-state index in [2.05, 4.69) is 5.16 Å². The molecular weight excluding hydrogens is 535 g/mol. The van der Waals surface area contributed by atoms with Crippen molar-refractivity contribution in [2.45, 2.75) is 32.2 Å². The Labute approximate surface area is 229 Å². The van der Waals surface area contributed by atoms with Crippen molar-refractivity contribution in [2.24, 2.45) is 0 Å². The third kappa shape index (κ3) is 6.57. The number of anilines is 1. The van der Waals surface area contributed by atoms with Crippen LogP contribution in [0.2, 0.25) is 0 Å². The molecule has 0 saturated carbocycles. The van der Waals surface area contributed by atoms with Gasteiger partial charge < -0.3 is 13.6 Å². The lowest BCUT2D eigenvalue weighted by molar-refractivity contribution is 0.230. The fourth-order valence-electron chi connectivity index (χ4n) is 3.92. The van der Waals surface area contributed by atoms with Crippen LogP contribution in [0.15, 0.2) is 94.3 Å². The van der Waals surface area contributed by atoms with Crippen molar-refractivity contribution in [1.82, 2.24) is 5.16 Å². The summed E-state index contributed by atoms with van der Waals surface area (Å²) >= 11 is 0. The molecule has 1 heterocycles. The fraction of sp³-hybridized carbons (Fsp3) is 0.207. The summed E-state index contributed by atoms with van der Waals surface area (Å²) in [4.78, 5) is 0.0513. The molecule has 0 aliphatic heterocycles. The molecule has 0 saturated heterocycles. The normalized spacial score (nSPS) is 12.2. The highest BCUT2D eigenvalue weighted by Gasteiger charge is 2.41. The van der Waals surface area contributed by atoms with E-state index < -0.39 is 17.6 Å². The van der Waals surface area contributed by atoms with Crippen LogP contribution in [-0.2, 0) is 30.2 Å². The molecule has 204 valence electrons. The summed E-state index contributed by atoms with van der Waals surface area (Å²) in [5.74, 6) is -0.225. The number of benzene rings is 3. The Balaban J connectivity index is 1.94. The second kappa shape index (κ2) is 12.6. The quantitative estimate of drug-likeness (QED) is 0.182. The molecule has 8 nitrogen and oxygen atoms in total. The summed E-state index contributed by atoms with van der Waals surface area (Å²) in [6.45, 7) is 5.27. The maximum atomic E-state index is 14.2. The van der Waals surface area contributed by atoms with Gasteiger partial charge in [0.25, 0.3) is 15.9 Å². The average molecular weight is 567 g/mol. The van der Waals surface area contributed by atoms with Crippen LogP contribution < -0.4 is 9.61 Å². The Hall–Kier alpha value is -3.49. The van der Waals surface area contributed by atoms with Gasteiger partial charge in [-0.2, -0.15) is 0 Å². The first-order valence-electron chi connectivity index (χ1n) is 12.5. The second-order valence-corrected chi connectivity index (χ2v) is 12.4. The molecule has 39 heavy (non-hydrogen) atoms. The van der Waals surface area contributed by atoms with Crippen LogP contribution in [0.5, 0.6) is 0 Å². The zero-order valence-electron chi connectivity index (χ0n) is 22.1. The zero-order valence-corrected chi connectivity index (χ0v) is 23.8. The monoisotopic (exact) mass is 566 g/mol. The maximum absolute atomic E-state index is 14.2. The molecule has 0 atom stereocenters. The van der Waals surface area contributed by atoms with Gasteiger partial charge in [-0.05, 0) is 50.1 Å². The highest BCUT2D eigenvalue weighted by Crippen LogP contribution is 2.51. The SMILES string of the molecule is CCOP(=O)(OCC)c1c(/C=C/c2ccccc2)noc1N(Cc1ccccc1)S(=O)(=O)c1ccc(C)cc1. The van der Waals surface area contributed by atoms with Crippen LogP contribution in [0.25, 0.3) is 12.2 Å². The van der Waals surface area contributed by atoms with Crippen LogP contribution in [-0.4, -0.2) is 26.8 Å². The van der Waals surface area contributed by atoms with E-state index >= 15 is 0 Å². The number of aryl methyl sites for hydroxylation is 1. The molecule has 4 aromatic rings. The minimum Gasteiger partial charge on any atom is -0.336 e. The summed E-state index contributed by atoms with van der Waals surface area (Å²) in [5.41, 5.74) is 2.62. The molecule has 0 fully saturated rings. The first kappa shape index (κ1) is 28.5. The number of aromatic nitrogens is 1. The van der Waals surface area contributed by atoms with E-state index in [0.717, 1.165) is 15.4 Å². The lowest BCUT2D eigenvalue weighted by atomic mass is 10.2. The van der Waals surface area contributed by atoms with E-state index in [0.29, 0.717) is 5.56 Å². The third-order valence-electron chi connectivity index (χ3n) is 5.79. The molecule has 0 unspecified atom stereocenters. The van der Waals surface area contributed by atoms with Gasteiger partial charge >= 0.3 is 7.60 Å². The number of rotatable bonds is 12. The van der Waals surface area contributed by atoms with E-state index in [9.17, 15) is 13.0 Å². The highest BCUT2D eigenvalue weighted by atomic mass is 32.2. The molecule has 0 bridgehead atoms. The molecule has 3 aromatic carbocycles. The van der Waals surface area contributed by atoms with Crippen LogP contribution in [0.1, 0.15) is 36.2 Å². The zero-order chi connectivity index (χ0) is 27.9. The van der Waals surface area contributed by atoms with E-state index in [1.165, 1.54) is 12.1 Å². The minimum absolute atomic E-state index is 0.0509. The molecule has 0 amide bonds. The second-order valence-electron chi connectivity index (χ2n) is 8.61. The standard InChI is InChI=1S/C29H31N2O6PS/c1-4-35-38(32,36-5-2)28-27(21-18-24-12-8-6-9-13-24)30-37-29(28)31(22-25-14-10-7-11-15-25)39(33,34)26-19-16-23(3)17-20-26/h6-21H,4-5,22H2,1-3H3/b21-18+. The predicted octanol–water partition coefficient (Wildman–Crippen LogP) is 6.44. The van der Waals surface area contributed by atoms with Crippen molar-refractivity contribution < 1.29 is 26.6 Å². The van der Waals surface area contributed by atoms with Crippen molar-refractivity contribution in [2.75, 3.05) is 17.5 Å². The van der Waals surface area contributed by atoms with Crippen molar-refractivity contribution >= 4 is 41.0 Å². The molecule has 0 radical (unpaired) electrons. The summed E-state index contributed by atoms with van der Waals surface area (Å²) in [5, 5.41) is 4.09. The van der Waals surface area contributed by atoms with E-state index in [1.807, 2.05) is 55.5 Å².